The van der Waals surface area contributed by atoms with Gasteiger partial charge in [-0.3, -0.25) is 4.90 Å². The Morgan fingerprint density at radius 3 is 2.83 bits per heavy atom. The van der Waals surface area contributed by atoms with Crippen LogP contribution in [0.25, 0.3) is 0 Å². The van der Waals surface area contributed by atoms with Crippen LogP contribution in [0.15, 0.2) is 10.5 Å². The molecule has 0 aromatic carbocycles. The van der Waals surface area contributed by atoms with Crippen molar-refractivity contribution in [3.8, 4) is 0 Å². The van der Waals surface area contributed by atoms with Crippen molar-refractivity contribution in [2.45, 2.75) is 31.1 Å². The zero-order valence-electron chi connectivity index (χ0n) is 11.4. The number of thioether (sulfide) groups is 1. The van der Waals surface area contributed by atoms with Crippen LogP contribution in [0.3, 0.4) is 0 Å². The van der Waals surface area contributed by atoms with E-state index >= 15 is 0 Å². The highest BCUT2D eigenvalue weighted by Crippen LogP contribution is 2.39. The van der Waals surface area contributed by atoms with E-state index in [2.05, 4.69) is 28.6 Å². The maximum atomic E-state index is 5.47. The van der Waals surface area contributed by atoms with Crippen LogP contribution in [0.4, 0.5) is 0 Å². The van der Waals surface area contributed by atoms with E-state index in [0.717, 1.165) is 26.3 Å². The molecule has 18 heavy (non-hydrogen) atoms. The lowest BCUT2D eigenvalue weighted by molar-refractivity contribution is 0.0313. The van der Waals surface area contributed by atoms with Gasteiger partial charge in [0.15, 0.2) is 0 Å². The molecule has 0 saturated carbocycles. The van der Waals surface area contributed by atoms with Crippen molar-refractivity contribution in [2.24, 2.45) is 0 Å². The fourth-order valence-electron chi connectivity index (χ4n) is 3.12. The van der Waals surface area contributed by atoms with E-state index < -0.39 is 0 Å². The number of likely N-dealkylation sites (N-methyl/N-ethyl adjacent to an activating group) is 1. The first-order chi connectivity index (χ1) is 8.83. The molecule has 3 aliphatic heterocycles. The molecular formula is C14H24N2OS. The average Bonchev–Trinajstić information content (AvgIpc) is 2.61. The van der Waals surface area contributed by atoms with Crippen molar-refractivity contribution in [3.05, 3.63) is 10.5 Å². The molecule has 1 unspecified atom stereocenters. The molecule has 102 valence electrons. The van der Waals surface area contributed by atoms with E-state index in [4.69, 9.17) is 4.74 Å². The van der Waals surface area contributed by atoms with E-state index in [1.807, 2.05) is 0 Å². The zero-order chi connectivity index (χ0) is 12.4. The molecule has 1 fully saturated rings. The number of hydrogen-bond donors (Lipinski definition) is 0. The first kappa shape index (κ1) is 13.0. The van der Waals surface area contributed by atoms with Crippen LogP contribution in [0.1, 0.15) is 25.7 Å². The maximum absolute atomic E-state index is 5.47. The monoisotopic (exact) mass is 268 g/mol. The summed E-state index contributed by atoms with van der Waals surface area (Å²) >= 11 is 2.15. The highest BCUT2D eigenvalue weighted by Gasteiger charge is 2.27. The number of rotatable bonds is 1. The predicted octanol–water partition coefficient (Wildman–Crippen LogP) is 2.15. The lowest BCUT2D eigenvalue weighted by Crippen LogP contribution is -2.42. The van der Waals surface area contributed by atoms with E-state index in [1.54, 1.807) is 10.5 Å². The molecule has 0 spiro atoms. The van der Waals surface area contributed by atoms with Gasteiger partial charge in [-0.05, 0) is 37.6 Å². The summed E-state index contributed by atoms with van der Waals surface area (Å²) in [5.74, 6) is 0. The maximum Gasteiger partial charge on any atom is 0.0603 e. The zero-order valence-corrected chi connectivity index (χ0v) is 12.2. The molecule has 0 amide bonds. The summed E-state index contributed by atoms with van der Waals surface area (Å²) in [6.45, 7) is 6.51. The fourth-order valence-corrected chi connectivity index (χ4v) is 4.76. The number of morpholine rings is 1. The molecule has 0 aliphatic carbocycles. The summed E-state index contributed by atoms with van der Waals surface area (Å²) in [5, 5.41) is 0.702. The first-order valence-electron chi connectivity index (χ1n) is 7.21. The van der Waals surface area contributed by atoms with Gasteiger partial charge in [0, 0.05) is 26.2 Å². The molecular weight excluding hydrogens is 244 g/mol. The van der Waals surface area contributed by atoms with Crippen molar-refractivity contribution >= 4 is 11.8 Å². The van der Waals surface area contributed by atoms with E-state index in [0.29, 0.717) is 5.37 Å². The molecule has 0 aromatic heterocycles. The van der Waals surface area contributed by atoms with Gasteiger partial charge in [0.2, 0.25) is 0 Å². The molecule has 3 rings (SSSR count). The predicted molar refractivity (Wildman–Crippen MR) is 76.8 cm³/mol. The number of hydrogen-bond acceptors (Lipinski definition) is 4. The molecule has 0 N–H and O–H groups in total. The van der Waals surface area contributed by atoms with Crippen LogP contribution in [-0.2, 0) is 4.74 Å². The third-order valence-corrected chi connectivity index (χ3v) is 5.77. The summed E-state index contributed by atoms with van der Waals surface area (Å²) in [7, 11) is 2.25. The topological polar surface area (TPSA) is 15.7 Å². The van der Waals surface area contributed by atoms with Crippen molar-refractivity contribution in [1.29, 1.82) is 0 Å². The third kappa shape index (κ3) is 2.93. The third-order valence-electron chi connectivity index (χ3n) is 4.26. The second kappa shape index (κ2) is 5.95. The largest absolute Gasteiger partial charge is 0.379 e. The quantitative estimate of drug-likeness (QED) is 0.724. The Morgan fingerprint density at radius 2 is 2.00 bits per heavy atom. The first-order valence-corrected chi connectivity index (χ1v) is 8.09. The lowest BCUT2D eigenvalue weighted by Gasteiger charge is -2.35. The van der Waals surface area contributed by atoms with Crippen molar-refractivity contribution < 1.29 is 4.74 Å². The highest BCUT2D eigenvalue weighted by atomic mass is 32.2. The summed E-state index contributed by atoms with van der Waals surface area (Å²) in [6, 6.07) is 0. The molecule has 0 radical (unpaired) electrons. The van der Waals surface area contributed by atoms with Gasteiger partial charge >= 0.3 is 0 Å². The van der Waals surface area contributed by atoms with Crippen LogP contribution in [0.2, 0.25) is 0 Å². The Morgan fingerprint density at radius 1 is 1.17 bits per heavy atom. The Bertz CT molecular complexity index is 326. The summed E-state index contributed by atoms with van der Waals surface area (Å²) < 4.78 is 5.47. The van der Waals surface area contributed by atoms with Crippen LogP contribution in [-0.4, -0.2) is 61.6 Å². The second-order valence-electron chi connectivity index (χ2n) is 5.63. The second-order valence-corrected chi connectivity index (χ2v) is 6.90. The van der Waals surface area contributed by atoms with Gasteiger partial charge in [0.25, 0.3) is 0 Å². The molecule has 3 nitrogen and oxygen atoms in total. The SMILES string of the molecule is CN1CCC2=C(C1)SC(N1CCOCC1)CCC2. The van der Waals surface area contributed by atoms with Gasteiger partial charge in [-0.1, -0.05) is 5.57 Å². The normalized spacial score (nSPS) is 32.2. The van der Waals surface area contributed by atoms with E-state index in [1.165, 1.54) is 38.8 Å². The van der Waals surface area contributed by atoms with Crippen molar-refractivity contribution in [3.63, 3.8) is 0 Å². The lowest BCUT2D eigenvalue weighted by atomic mass is 10.0. The molecule has 3 heterocycles. The number of nitrogens with zero attached hydrogens (tertiary/aromatic N) is 2. The van der Waals surface area contributed by atoms with E-state index in [9.17, 15) is 0 Å². The van der Waals surface area contributed by atoms with Crippen LogP contribution in [0.5, 0.6) is 0 Å². The summed E-state index contributed by atoms with van der Waals surface area (Å²) in [6.07, 6.45) is 5.37. The Labute approximate surface area is 115 Å². The minimum Gasteiger partial charge on any atom is -0.379 e. The average molecular weight is 268 g/mol. The standard InChI is InChI=1S/C14H24N2OS/c1-15-6-5-12-3-2-4-14(18-13(12)11-15)16-7-9-17-10-8-16/h14H,2-11H2,1H3. The molecule has 1 atom stereocenters. The molecule has 3 aliphatic rings. The summed E-state index contributed by atoms with van der Waals surface area (Å²) in [5.41, 5.74) is 1.76. The Hall–Kier alpha value is -0.0300. The van der Waals surface area contributed by atoms with Gasteiger partial charge in [-0.15, -0.1) is 11.8 Å². The van der Waals surface area contributed by atoms with Gasteiger partial charge in [0.1, 0.15) is 0 Å². The van der Waals surface area contributed by atoms with Gasteiger partial charge in [-0.2, -0.15) is 0 Å². The van der Waals surface area contributed by atoms with E-state index in [-0.39, 0.29) is 0 Å². The van der Waals surface area contributed by atoms with Gasteiger partial charge in [0.05, 0.1) is 18.6 Å². The Kier molecular flexibility index (Phi) is 4.29. The Balaban J connectivity index is 1.68. The minimum atomic E-state index is 0.702. The molecule has 0 aromatic rings. The smallest absolute Gasteiger partial charge is 0.0603 e. The highest BCUT2D eigenvalue weighted by molar-refractivity contribution is 8.03. The molecule has 1 saturated heterocycles. The number of ether oxygens (including phenoxy) is 1. The van der Waals surface area contributed by atoms with Crippen LogP contribution in [0, 0.1) is 0 Å². The van der Waals surface area contributed by atoms with Gasteiger partial charge in [-0.25, -0.2) is 0 Å². The minimum absolute atomic E-state index is 0.702. The molecule has 0 bridgehead atoms. The summed E-state index contributed by atoms with van der Waals surface area (Å²) in [4.78, 5) is 6.78. The van der Waals surface area contributed by atoms with Crippen LogP contribution >= 0.6 is 11.8 Å². The van der Waals surface area contributed by atoms with Gasteiger partial charge < -0.3 is 9.64 Å². The fraction of sp³-hybridized carbons (Fsp3) is 0.857. The van der Waals surface area contributed by atoms with Crippen molar-refractivity contribution in [1.82, 2.24) is 9.80 Å². The van der Waals surface area contributed by atoms with Crippen LogP contribution < -0.4 is 0 Å². The van der Waals surface area contributed by atoms with Crippen molar-refractivity contribution in [2.75, 3.05) is 46.4 Å². The molecule has 4 heteroatoms.